The third kappa shape index (κ3) is 7.35. The van der Waals surface area contributed by atoms with Gasteiger partial charge in [0.1, 0.15) is 0 Å². The summed E-state index contributed by atoms with van der Waals surface area (Å²) in [6, 6.07) is 0. The van der Waals surface area contributed by atoms with Gasteiger partial charge in [-0.2, -0.15) is 0 Å². The third-order valence-corrected chi connectivity index (χ3v) is 5.54. The van der Waals surface area contributed by atoms with Crippen LogP contribution in [0.2, 0.25) is 0 Å². The van der Waals surface area contributed by atoms with Crippen molar-refractivity contribution in [2.45, 2.75) is 78.1 Å². The standard InChI is InChI=1S/C22H36N2O2/c1-17-7-9-19(21(25)13-17)15-23-11-5-3-4-6-12-24-16-20-10-8-18(2)14-22(20)26/h15-18,23-24H,3-14H2,1-2H3/b19-15-,20-16-. The molecule has 26 heavy (non-hydrogen) atoms. The van der Waals surface area contributed by atoms with Crippen LogP contribution in [0.25, 0.3) is 0 Å². The van der Waals surface area contributed by atoms with E-state index in [1.165, 1.54) is 12.8 Å². The van der Waals surface area contributed by atoms with Gasteiger partial charge in [0, 0.05) is 49.5 Å². The van der Waals surface area contributed by atoms with Gasteiger partial charge in [0.05, 0.1) is 0 Å². The Morgan fingerprint density at radius 3 is 1.58 bits per heavy atom. The highest BCUT2D eigenvalue weighted by Gasteiger charge is 2.20. The van der Waals surface area contributed by atoms with E-state index in [4.69, 9.17) is 0 Å². The molecule has 0 bridgehead atoms. The number of hydrogen-bond acceptors (Lipinski definition) is 4. The molecule has 0 radical (unpaired) electrons. The first-order chi connectivity index (χ1) is 12.6. The van der Waals surface area contributed by atoms with Crippen LogP contribution in [0.15, 0.2) is 23.5 Å². The minimum atomic E-state index is 0.322. The zero-order chi connectivity index (χ0) is 18.8. The Kier molecular flexibility index (Phi) is 8.93. The Morgan fingerprint density at radius 2 is 1.19 bits per heavy atom. The molecular formula is C22H36N2O2. The quantitative estimate of drug-likeness (QED) is 0.476. The molecule has 2 aliphatic rings. The molecule has 2 aliphatic carbocycles. The van der Waals surface area contributed by atoms with Gasteiger partial charge in [-0.1, -0.05) is 26.7 Å². The summed E-state index contributed by atoms with van der Waals surface area (Å²) in [7, 11) is 0. The molecule has 0 heterocycles. The van der Waals surface area contributed by atoms with Crippen molar-refractivity contribution in [3.8, 4) is 0 Å². The molecule has 0 aromatic carbocycles. The Hall–Kier alpha value is -1.58. The topological polar surface area (TPSA) is 58.2 Å². The number of carbonyl (C=O) groups is 2. The molecule has 2 saturated carbocycles. The first-order valence-corrected chi connectivity index (χ1v) is 10.5. The normalized spacial score (nSPS) is 27.2. The minimum absolute atomic E-state index is 0.322. The van der Waals surface area contributed by atoms with E-state index >= 15 is 0 Å². The predicted molar refractivity (Wildman–Crippen MR) is 107 cm³/mol. The van der Waals surface area contributed by atoms with E-state index in [0.717, 1.165) is 62.8 Å². The van der Waals surface area contributed by atoms with Gasteiger partial charge in [-0.15, -0.1) is 0 Å². The van der Waals surface area contributed by atoms with E-state index in [1.54, 1.807) is 0 Å². The number of allylic oxidation sites excluding steroid dienone is 2. The van der Waals surface area contributed by atoms with Crippen LogP contribution >= 0.6 is 0 Å². The molecule has 146 valence electrons. The third-order valence-electron chi connectivity index (χ3n) is 5.54. The summed E-state index contributed by atoms with van der Waals surface area (Å²) in [5, 5.41) is 6.62. The van der Waals surface area contributed by atoms with Crippen molar-refractivity contribution >= 4 is 11.6 Å². The van der Waals surface area contributed by atoms with E-state index in [2.05, 4.69) is 24.5 Å². The first-order valence-electron chi connectivity index (χ1n) is 10.5. The molecule has 2 atom stereocenters. The van der Waals surface area contributed by atoms with Gasteiger partial charge in [0.15, 0.2) is 11.6 Å². The van der Waals surface area contributed by atoms with E-state index in [-0.39, 0.29) is 0 Å². The minimum Gasteiger partial charge on any atom is -0.391 e. The van der Waals surface area contributed by atoms with Crippen LogP contribution in [0, 0.1) is 11.8 Å². The second-order valence-corrected chi connectivity index (χ2v) is 8.20. The molecule has 0 spiro atoms. The van der Waals surface area contributed by atoms with Crippen molar-refractivity contribution in [3.63, 3.8) is 0 Å². The average molecular weight is 361 g/mol. The lowest BCUT2D eigenvalue weighted by Gasteiger charge is -2.19. The number of unbranched alkanes of at least 4 members (excludes halogenated alkanes) is 3. The molecule has 0 amide bonds. The van der Waals surface area contributed by atoms with Gasteiger partial charge in [-0.05, 0) is 50.4 Å². The maximum Gasteiger partial charge on any atom is 0.160 e. The zero-order valence-electron chi connectivity index (χ0n) is 16.6. The fourth-order valence-corrected chi connectivity index (χ4v) is 3.69. The highest BCUT2D eigenvalue weighted by Crippen LogP contribution is 2.25. The zero-order valence-corrected chi connectivity index (χ0v) is 16.6. The average Bonchev–Trinajstić information content (AvgIpc) is 2.59. The van der Waals surface area contributed by atoms with Gasteiger partial charge in [0.2, 0.25) is 0 Å². The summed E-state index contributed by atoms with van der Waals surface area (Å²) in [6.07, 6.45) is 14.1. The summed E-state index contributed by atoms with van der Waals surface area (Å²) in [5.74, 6) is 1.73. The smallest absolute Gasteiger partial charge is 0.160 e. The van der Waals surface area contributed by atoms with Crippen LogP contribution in [0.1, 0.15) is 78.1 Å². The highest BCUT2D eigenvalue weighted by atomic mass is 16.1. The molecule has 0 saturated heterocycles. The lowest BCUT2D eigenvalue weighted by molar-refractivity contribution is -0.118. The molecule has 4 heteroatoms. The number of hydrogen-bond donors (Lipinski definition) is 2. The Labute approximate surface area is 158 Å². The van der Waals surface area contributed by atoms with Gasteiger partial charge < -0.3 is 10.6 Å². The van der Waals surface area contributed by atoms with E-state index in [1.807, 2.05) is 12.4 Å². The first kappa shape index (κ1) is 20.7. The van der Waals surface area contributed by atoms with Crippen LogP contribution in [-0.4, -0.2) is 24.7 Å². The van der Waals surface area contributed by atoms with Crippen molar-refractivity contribution < 1.29 is 9.59 Å². The van der Waals surface area contributed by atoms with Crippen LogP contribution in [0.4, 0.5) is 0 Å². The molecule has 0 aromatic rings. The highest BCUT2D eigenvalue weighted by molar-refractivity contribution is 5.96. The fraction of sp³-hybridized carbons (Fsp3) is 0.727. The summed E-state index contributed by atoms with van der Waals surface area (Å²) in [6.45, 7) is 6.19. The number of nitrogens with one attached hydrogen (secondary N) is 2. The van der Waals surface area contributed by atoms with Gasteiger partial charge >= 0.3 is 0 Å². The Morgan fingerprint density at radius 1 is 0.769 bits per heavy atom. The predicted octanol–water partition coefficient (Wildman–Crippen LogP) is 4.27. The molecule has 0 aromatic heterocycles. The maximum atomic E-state index is 11.9. The SMILES string of the molecule is CC1CC/C(=C/NCCCCCCN/C=C2/CCC(C)CC2=O)C(=O)C1. The molecular weight excluding hydrogens is 324 g/mol. The molecule has 4 nitrogen and oxygen atoms in total. The molecule has 0 aliphatic heterocycles. The van der Waals surface area contributed by atoms with Crippen molar-refractivity contribution in [2.75, 3.05) is 13.1 Å². The van der Waals surface area contributed by atoms with Crippen LogP contribution in [-0.2, 0) is 9.59 Å². The Bertz CT molecular complexity index is 488. The maximum absolute atomic E-state index is 11.9. The van der Waals surface area contributed by atoms with Crippen molar-refractivity contribution in [1.29, 1.82) is 0 Å². The molecule has 2 fully saturated rings. The molecule has 2 rings (SSSR count). The second-order valence-electron chi connectivity index (χ2n) is 8.20. The van der Waals surface area contributed by atoms with Gasteiger partial charge in [-0.25, -0.2) is 0 Å². The molecule has 2 N–H and O–H groups in total. The lowest BCUT2D eigenvalue weighted by atomic mass is 9.86. The number of Topliss-reactive ketones (excluding diaryl/α,β-unsaturated/α-hetero) is 2. The largest absolute Gasteiger partial charge is 0.391 e. The van der Waals surface area contributed by atoms with Gasteiger partial charge in [0.25, 0.3) is 0 Å². The van der Waals surface area contributed by atoms with Crippen molar-refractivity contribution in [3.05, 3.63) is 23.5 Å². The lowest BCUT2D eigenvalue weighted by Crippen LogP contribution is -2.19. The fourth-order valence-electron chi connectivity index (χ4n) is 3.69. The number of carbonyl (C=O) groups excluding carboxylic acids is 2. The van der Waals surface area contributed by atoms with E-state index in [0.29, 0.717) is 36.2 Å². The van der Waals surface area contributed by atoms with Gasteiger partial charge in [-0.3, -0.25) is 9.59 Å². The summed E-state index contributed by atoms with van der Waals surface area (Å²) in [4.78, 5) is 23.8. The Balaban J connectivity index is 1.46. The van der Waals surface area contributed by atoms with E-state index < -0.39 is 0 Å². The van der Waals surface area contributed by atoms with Crippen LogP contribution in [0.5, 0.6) is 0 Å². The summed E-state index contributed by atoms with van der Waals surface area (Å²) >= 11 is 0. The van der Waals surface area contributed by atoms with Crippen LogP contribution < -0.4 is 10.6 Å². The van der Waals surface area contributed by atoms with Crippen LogP contribution in [0.3, 0.4) is 0 Å². The summed E-state index contributed by atoms with van der Waals surface area (Å²) < 4.78 is 0. The number of rotatable bonds is 9. The molecule has 2 unspecified atom stereocenters. The van der Waals surface area contributed by atoms with Crippen molar-refractivity contribution in [1.82, 2.24) is 10.6 Å². The summed E-state index contributed by atoms with van der Waals surface area (Å²) in [5.41, 5.74) is 1.96. The van der Waals surface area contributed by atoms with E-state index in [9.17, 15) is 9.59 Å². The number of ketones is 2. The monoisotopic (exact) mass is 360 g/mol. The van der Waals surface area contributed by atoms with Crippen molar-refractivity contribution in [2.24, 2.45) is 11.8 Å². The second kappa shape index (κ2) is 11.2.